The molecule has 1 aromatic heterocycles. The van der Waals surface area contributed by atoms with Crippen molar-refractivity contribution >= 4 is 11.6 Å². The van der Waals surface area contributed by atoms with Gasteiger partial charge >= 0.3 is 0 Å². The van der Waals surface area contributed by atoms with Crippen molar-refractivity contribution < 1.29 is 4.74 Å². The number of ether oxygens (including phenoxy) is 1. The number of aromatic nitrogens is 3. The molecule has 1 aliphatic heterocycles. The van der Waals surface area contributed by atoms with Gasteiger partial charge in [0.1, 0.15) is 5.82 Å². The summed E-state index contributed by atoms with van der Waals surface area (Å²) in [5.74, 6) is 1.68. The standard InChI is InChI=1S/C12H18ClN3O/c1-12(4-6-17-7-5-12)8-16-10(9-2-3-9)14-15-11(16)13/h9H,2-8H2,1H3. The molecule has 0 aromatic carbocycles. The van der Waals surface area contributed by atoms with Crippen molar-refractivity contribution in [2.75, 3.05) is 13.2 Å². The monoisotopic (exact) mass is 255 g/mol. The van der Waals surface area contributed by atoms with Crippen LogP contribution in [-0.4, -0.2) is 28.0 Å². The van der Waals surface area contributed by atoms with Crippen LogP contribution in [0.25, 0.3) is 0 Å². The molecule has 17 heavy (non-hydrogen) atoms. The van der Waals surface area contributed by atoms with Crippen molar-refractivity contribution in [3.8, 4) is 0 Å². The molecule has 1 aliphatic carbocycles. The Morgan fingerprint density at radius 3 is 2.71 bits per heavy atom. The van der Waals surface area contributed by atoms with Crippen LogP contribution >= 0.6 is 11.6 Å². The van der Waals surface area contributed by atoms with Crippen molar-refractivity contribution in [1.29, 1.82) is 0 Å². The molecule has 2 fully saturated rings. The molecule has 0 bridgehead atoms. The minimum atomic E-state index is 0.272. The van der Waals surface area contributed by atoms with Gasteiger partial charge in [-0.15, -0.1) is 10.2 Å². The van der Waals surface area contributed by atoms with Gasteiger partial charge in [0.25, 0.3) is 0 Å². The third-order valence-corrected chi connectivity index (χ3v) is 4.20. The summed E-state index contributed by atoms with van der Waals surface area (Å²) in [6, 6.07) is 0. The summed E-state index contributed by atoms with van der Waals surface area (Å²) in [5, 5.41) is 8.79. The summed E-state index contributed by atoms with van der Waals surface area (Å²) >= 11 is 6.16. The van der Waals surface area contributed by atoms with Gasteiger partial charge in [0.2, 0.25) is 5.28 Å². The summed E-state index contributed by atoms with van der Waals surface area (Å²) in [6.45, 7) is 4.95. The normalized spacial score (nSPS) is 23.9. The Labute approximate surface area is 106 Å². The van der Waals surface area contributed by atoms with Gasteiger partial charge in [-0.3, -0.25) is 0 Å². The minimum Gasteiger partial charge on any atom is -0.381 e. The fourth-order valence-corrected chi connectivity index (χ4v) is 2.67. The van der Waals surface area contributed by atoms with Crippen LogP contribution in [0.4, 0.5) is 0 Å². The van der Waals surface area contributed by atoms with Crippen LogP contribution in [0.15, 0.2) is 0 Å². The molecule has 2 heterocycles. The van der Waals surface area contributed by atoms with Crippen LogP contribution in [0.3, 0.4) is 0 Å². The highest BCUT2D eigenvalue weighted by Crippen LogP contribution is 2.41. The van der Waals surface area contributed by atoms with Crippen molar-refractivity contribution in [1.82, 2.24) is 14.8 Å². The second-order valence-corrected chi connectivity index (χ2v) is 5.95. The lowest BCUT2D eigenvalue weighted by atomic mass is 9.82. The van der Waals surface area contributed by atoms with Crippen LogP contribution in [0.1, 0.15) is 44.3 Å². The number of nitrogens with zero attached hydrogens (tertiary/aromatic N) is 3. The fourth-order valence-electron chi connectivity index (χ4n) is 2.49. The Kier molecular flexibility index (Phi) is 2.87. The average Bonchev–Trinajstić information content (AvgIpc) is 3.08. The van der Waals surface area contributed by atoms with Gasteiger partial charge in [-0.25, -0.2) is 0 Å². The van der Waals surface area contributed by atoms with E-state index in [4.69, 9.17) is 16.3 Å². The molecular formula is C12H18ClN3O. The van der Waals surface area contributed by atoms with E-state index in [1.165, 1.54) is 12.8 Å². The van der Waals surface area contributed by atoms with E-state index >= 15 is 0 Å². The summed E-state index contributed by atoms with van der Waals surface area (Å²) in [7, 11) is 0. The van der Waals surface area contributed by atoms with Crippen LogP contribution in [0.2, 0.25) is 5.28 Å². The predicted octanol–water partition coefficient (Wildman–Crippen LogP) is 2.63. The Morgan fingerprint density at radius 2 is 2.06 bits per heavy atom. The molecule has 0 N–H and O–H groups in total. The molecule has 0 unspecified atom stereocenters. The third kappa shape index (κ3) is 2.33. The lowest BCUT2D eigenvalue weighted by Gasteiger charge is -2.34. The number of hydrogen-bond acceptors (Lipinski definition) is 3. The van der Waals surface area contributed by atoms with Gasteiger partial charge in [0, 0.05) is 25.7 Å². The van der Waals surface area contributed by atoms with Gasteiger partial charge in [0.05, 0.1) is 0 Å². The first-order valence-corrected chi connectivity index (χ1v) is 6.72. The van der Waals surface area contributed by atoms with Crippen LogP contribution in [-0.2, 0) is 11.3 Å². The van der Waals surface area contributed by atoms with Gasteiger partial charge in [-0.1, -0.05) is 6.92 Å². The molecule has 94 valence electrons. The first-order chi connectivity index (χ1) is 8.18. The van der Waals surface area contributed by atoms with Crippen molar-refractivity contribution in [3.63, 3.8) is 0 Å². The minimum absolute atomic E-state index is 0.272. The highest BCUT2D eigenvalue weighted by atomic mass is 35.5. The van der Waals surface area contributed by atoms with E-state index in [1.807, 2.05) is 0 Å². The Morgan fingerprint density at radius 1 is 1.35 bits per heavy atom. The lowest BCUT2D eigenvalue weighted by molar-refractivity contribution is 0.0151. The van der Waals surface area contributed by atoms with Crippen LogP contribution in [0.5, 0.6) is 0 Å². The van der Waals surface area contributed by atoms with Crippen molar-refractivity contribution in [3.05, 3.63) is 11.1 Å². The molecule has 1 saturated heterocycles. The maximum atomic E-state index is 6.16. The van der Waals surface area contributed by atoms with Gasteiger partial charge in [-0.05, 0) is 42.7 Å². The van der Waals surface area contributed by atoms with Gasteiger partial charge < -0.3 is 9.30 Å². The summed E-state index contributed by atoms with van der Waals surface area (Å²) in [4.78, 5) is 0. The molecule has 0 spiro atoms. The zero-order valence-electron chi connectivity index (χ0n) is 10.2. The zero-order chi connectivity index (χ0) is 11.9. The molecule has 0 amide bonds. The molecule has 1 aromatic rings. The molecule has 0 atom stereocenters. The lowest BCUT2D eigenvalue weighted by Crippen LogP contribution is -2.31. The smallest absolute Gasteiger partial charge is 0.225 e. The highest BCUT2D eigenvalue weighted by Gasteiger charge is 2.34. The molecular weight excluding hydrogens is 238 g/mol. The molecule has 1 saturated carbocycles. The topological polar surface area (TPSA) is 39.9 Å². The summed E-state index contributed by atoms with van der Waals surface area (Å²) in [6.07, 6.45) is 4.64. The third-order valence-electron chi connectivity index (χ3n) is 3.92. The number of rotatable bonds is 3. The highest BCUT2D eigenvalue weighted by molar-refractivity contribution is 6.28. The van der Waals surface area contributed by atoms with Gasteiger partial charge in [0.15, 0.2) is 0 Å². The molecule has 2 aliphatic rings. The molecule has 0 radical (unpaired) electrons. The quantitative estimate of drug-likeness (QED) is 0.834. The number of halogens is 1. The predicted molar refractivity (Wildman–Crippen MR) is 65.2 cm³/mol. The Bertz CT molecular complexity index is 408. The molecule has 4 nitrogen and oxygen atoms in total. The van der Waals surface area contributed by atoms with Gasteiger partial charge in [-0.2, -0.15) is 0 Å². The maximum Gasteiger partial charge on any atom is 0.225 e. The van der Waals surface area contributed by atoms with Crippen molar-refractivity contribution in [2.24, 2.45) is 5.41 Å². The molecule has 3 rings (SSSR count). The average molecular weight is 256 g/mol. The largest absolute Gasteiger partial charge is 0.381 e. The van der Waals surface area contributed by atoms with E-state index in [0.29, 0.717) is 11.2 Å². The summed E-state index contributed by atoms with van der Waals surface area (Å²) in [5.41, 5.74) is 0.272. The Hall–Kier alpha value is -0.610. The van der Waals surface area contributed by atoms with Crippen LogP contribution in [0, 0.1) is 5.41 Å². The Balaban J connectivity index is 1.81. The van der Waals surface area contributed by atoms with Crippen LogP contribution < -0.4 is 0 Å². The SMILES string of the molecule is CC1(Cn2c(Cl)nnc2C2CC2)CCOCC1. The maximum absolute atomic E-state index is 6.16. The summed E-state index contributed by atoms with van der Waals surface area (Å²) < 4.78 is 7.55. The van der Waals surface area contributed by atoms with E-state index in [-0.39, 0.29) is 5.41 Å². The van der Waals surface area contributed by atoms with E-state index in [2.05, 4.69) is 21.7 Å². The first-order valence-electron chi connectivity index (χ1n) is 6.34. The van der Waals surface area contributed by atoms with E-state index in [0.717, 1.165) is 38.4 Å². The number of hydrogen-bond donors (Lipinski definition) is 0. The molecule has 5 heteroatoms. The fraction of sp³-hybridized carbons (Fsp3) is 0.833. The van der Waals surface area contributed by atoms with E-state index < -0.39 is 0 Å². The van der Waals surface area contributed by atoms with E-state index in [1.54, 1.807) is 0 Å². The van der Waals surface area contributed by atoms with E-state index in [9.17, 15) is 0 Å². The first kappa shape index (κ1) is 11.5. The second kappa shape index (κ2) is 4.25. The second-order valence-electron chi connectivity index (χ2n) is 5.61. The van der Waals surface area contributed by atoms with Crippen molar-refractivity contribution in [2.45, 2.75) is 45.1 Å². The zero-order valence-corrected chi connectivity index (χ0v) is 10.9.